The molecule has 18 aromatic rings. The van der Waals surface area contributed by atoms with Crippen molar-refractivity contribution in [3.63, 3.8) is 0 Å². The molecule has 0 saturated heterocycles. The molecule has 1 nitrogen and oxygen atoms in total. The maximum absolute atomic E-state index is 6.54. The molecule has 0 saturated carbocycles. The minimum Gasteiger partial charge on any atom is -0.455 e. The lowest BCUT2D eigenvalue weighted by atomic mass is 9.83. The molecule has 0 bridgehead atoms. The molecule has 0 aliphatic rings. The highest BCUT2D eigenvalue weighted by atomic mass is 32.1. The van der Waals surface area contributed by atoms with Crippen LogP contribution in [0.5, 0.6) is 0 Å². The smallest absolute Gasteiger partial charge is 0.143 e. The molecule has 0 atom stereocenters. The van der Waals surface area contributed by atoms with Crippen LogP contribution in [-0.2, 0) is 0 Å². The summed E-state index contributed by atoms with van der Waals surface area (Å²) in [6.07, 6.45) is 0. The van der Waals surface area contributed by atoms with E-state index in [2.05, 4.69) is 291 Å². The third kappa shape index (κ3) is 7.21. The topological polar surface area (TPSA) is 13.1 Å². The summed E-state index contributed by atoms with van der Waals surface area (Å²) in [5.74, 6) is 0. The molecule has 388 valence electrons. The van der Waals surface area contributed by atoms with Gasteiger partial charge in [-0.2, -0.15) is 0 Å². The zero-order valence-electron chi connectivity index (χ0n) is 45.5. The van der Waals surface area contributed by atoms with Crippen molar-refractivity contribution in [3.05, 3.63) is 291 Å². The molecule has 2 heterocycles. The first-order valence-electron chi connectivity index (χ1n) is 28.9. The Bertz CT molecular complexity index is 5780. The minimum absolute atomic E-state index is 0.900. The van der Waals surface area contributed by atoms with Crippen LogP contribution in [-0.4, -0.2) is 0 Å². The highest BCUT2D eigenvalue weighted by Crippen LogP contribution is 2.50. The second-order valence-electron chi connectivity index (χ2n) is 22.6. The summed E-state index contributed by atoms with van der Waals surface area (Å²) in [4.78, 5) is 0. The van der Waals surface area contributed by atoms with Gasteiger partial charge in [-0.3, -0.25) is 0 Å². The van der Waals surface area contributed by atoms with E-state index in [9.17, 15) is 0 Å². The molecule has 84 heavy (non-hydrogen) atoms. The van der Waals surface area contributed by atoms with Gasteiger partial charge in [0.25, 0.3) is 0 Å². The van der Waals surface area contributed by atoms with Gasteiger partial charge in [-0.1, -0.05) is 249 Å². The van der Waals surface area contributed by atoms with Gasteiger partial charge in [0.2, 0.25) is 0 Å². The molecule has 0 aliphatic heterocycles. The van der Waals surface area contributed by atoms with Gasteiger partial charge < -0.3 is 4.42 Å². The van der Waals surface area contributed by atoms with E-state index in [1.807, 2.05) is 11.3 Å². The summed E-state index contributed by atoms with van der Waals surface area (Å²) in [6, 6.07) is 109. The third-order valence-corrected chi connectivity index (χ3v) is 19.2. The van der Waals surface area contributed by atoms with Crippen LogP contribution < -0.4 is 0 Å². The monoisotopic (exact) mass is 1080 g/mol. The van der Waals surface area contributed by atoms with Crippen LogP contribution in [0.4, 0.5) is 0 Å². The van der Waals surface area contributed by atoms with Crippen LogP contribution in [0.15, 0.2) is 296 Å². The summed E-state index contributed by atoms with van der Waals surface area (Å²) in [5, 5.41) is 22.1. The van der Waals surface area contributed by atoms with E-state index >= 15 is 0 Å². The molecule has 0 spiro atoms. The first-order valence-corrected chi connectivity index (χ1v) is 29.8. The van der Waals surface area contributed by atoms with Crippen molar-refractivity contribution >= 4 is 129 Å². The predicted molar refractivity (Wildman–Crippen MR) is 362 cm³/mol. The number of hydrogen-bond acceptors (Lipinski definition) is 2. The average Bonchev–Trinajstić information content (AvgIpc) is 2.96. The standard InChI is InChI=1S/C82H48OS/c1-2-17-53(18-3-1)77-64-22-10-13-25-67(64)80(60-36-38-63-71-42-33-52-16-7-9-21-62(52)82(71)84-76(63)48-60)74-47-58(34-39-68(74)77)57-35-40-69-73(46-57)78(65-23-11-12-24-66(65)79(69)59-31-28-49-14-4-5-19-55(49)44-59)54-29-26-50(27-30-54)56-37-43-75-72(45-56)70-41-32-51-15-6-8-20-61(51)81(70)83-75/h1-48H. The lowest BCUT2D eigenvalue weighted by Gasteiger charge is -2.20. The van der Waals surface area contributed by atoms with Gasteiger partial charge in [0.05, 0.1) is 0 Å². The molecule has 0 N–H and O–H groups in total. The van der Waals surface area contributed by atoms with Crippen molar-refractivity contribution in [2.45, 2.75) is 0 Å². The molecule has 0 amide bonds. The van der Waals surface area contributed by atoms with Gasteiger partial charge in [0.15, 0.2) is 0 Å². The summed E-state index contributed by atoms with van der Waals surface area (Å²) < 4.78 is 9.18. The molecule has 0 radical (unpaired) electrons. The van der Waals surface area contributed by atoms with Gasteiger partial charge in [-0.25, -0.2) is 0 Å². The Balaban J connectivity index is 0.855. The summed E-state index contributed by atoms with van der Waals surface area (Å²) in [5.41, 5.74) is 16.3. The number of hydrogen-bond donors (Lipinski definition) is 0. The second-order valence-corrected chi connectivity index (χ2v) is 23.6. The Labute approximate surface area is 488 Å². The molecular formula is C82H48OS. The maximum Gasteiger partial charge on any atom is 0.143 e. The van der Waals surface area contributed by atoms with E-state index < -0.39 is 0 Å². The maximum atomic E-state index is 6.54. The number of thiophene rings is 1. The average molecular weight is 1080 g/mol. The largest absolute Gasteiger partial charge is 0.455 e. The number of benzene rings is 16. The highest BCUT2D eigenvalue weighted by Gasteiger charge is 2.22. The lowest BCUT2D eigenvalue weighted by Crippen LogP contribution is -1.93. The fraction of sp³-hybridized carbons (Fsp3) is 0. The number of fused-ring (bicyclic) bond motifs is 15. The van der Waals surface area contributed by atoms with E-state index in [0.717, 1.165) is 38.5 Å². The minimum atomic E-state index is 0.900. The summed E-state index contributed by atoms with van der Waals surface area (Å²) in [7, 11) is 0. The number of furan rings is 1. The Morgan fingerprint density at radius 2 is 0.607 bits per heavy atom. The fourth-order valence-electron chi connectivity index (χ4n) is 14.1. The molecule has 2 heteroatoms. The van der Waals surface area contributed by atoms with E-state index in [1.165, 1.54) is 146 Å². The van der Waals surface area contributed by atoms with Crippen LogP contribution in [0.3, 0.4) is 0 Å². The van der Waals surface area contributed by atoms with Crippen molar-refractivity contribution in [1.82, 2.24) is 0 Å². The van der Waals surface area contributed by atoms with Crippen LogP contribution >= 0.6 is 11.3 Å². The Morgan fingerprint density at radius 1 is 0.202 bits per heavy atom. The second kappa shape index (κ2) is 18.4. The zero-order chi connectivity index (χ0) is 55.0. The SMILES string of the molecule is c1ccc(-c2c3ccccc3c(-c3ccc4c(c3)sc3c5ccccc5ccc43)c3cc(-c4ccc5c(-c6ccc7ccccc7c6)c6ccccc6c(-c6ccc(-c7ccc8oc9c%10ccccc%10ccc9c8c7)cc6)c5c4)ccc23)cc1. The van der Waals surface area contributed by atoms with E-state index in [0.29, 0.717) is 0 Å². The lowest BCUT2D eigenvalue weighted by molar-refractivity contribution is 0.672. The van der Waals surface area contributed by atoms with E-state index in [-0.39, 0.29) is 0 Å². The Hall–Kier alpha value is -10.6. The van der Waals surface area contributed by atoms with Crippen molar-refractivity contribution < 1.29 is 4.42 Å². The van der Waals surface area contributed by atoms with Gasteiger partial charge >= 0.3 is 0 Å². The van der Waals surface area contributed by atoms with Gasteiger partial charge in [-0.15, -0.1) is 11.3 Å². The summed E-state index contributed by atoms with van der Waals surface area (Å²) >= 11 is 1.91. The van der Waals surface area contributed by atoms with Gasteiger partial charge in [0, 0.05) is 36.3 Å². The molecule has 0 aliphatic carbocycles. The van der Waals surface area contributed by atoms with Crippen LogP contribution in [0.2, 0.25) is 0 Å². The van der Waals surface area contributed by atoms with Crippen LogP contribution in [0, 0.1) is 0 Å². The van der Waals surface area contributed by atoms with Crippen molar-refractivity contribution in [2.24, 2.45) is 0 Å². The van der Waals surface area contributed by atoms with Crippen LogP contribution in [0.25, 0.3) is 184 Å². The first-order chi connectivity index (χ1) is 41.6. The quantitative estimate of drug-likeness (QED) is 0.151. The van der Waals surface area contributed by atoms with Crippen molar-refractivity contribution in [3.8, 4) is 66.8 Å². The normalized spacial score (nSPS) is 12.0. The van der Waals surface area contributed by atoms with Crippen LogP contribution in [0.1, 0.15) is 0 Å². The third-order valence-electron chi connectivity index (χ3n) is 18.0. The summed E-state index contributed by atoms with van der Waals surface area (Å²) in [6.45, 7) is 0. The molecule has 0 fully saturated rings. The number of rotatable bonds is 6. The fourth-order valence-corrected chi connectivity index (χ4v) is 15.4. The van der Waals surface area contributed by atoms with Crippen molar-refractivity contribution in [2.75, 3.05) is 0 Å². The molecular weight excluding hydrogens is 1030 g/mol. The highest BCUT2D eigenvalue weighted by molar-refractivity contribution is 7.26. The Kier molecular flexibility index (Phi) is 10.3. The molecule has 2 aromatic heterocycles. The van der Waals surface area contributed by atoms with E-state index in [4.69, 9.17) is 4.42 Å². The van der Waals surface area contributed by atoms with E-state index in [1.54, 1.807) is 0 Å². The van der Waals surface area contributed by atoms with Gasteiger partial charge in [0.1, 0.15) is 11.2 Å². The predicted octanol–water partition coefficient (Wildman–Crippen LogP) is 24.0. The van der Waals surface area contributed by atoms with Crippen molar-refractivity contribution in [1.29, 1.82) is 0 Å². The van der Waals surface area contributed by atoms with Gasteiger partial charge in [-0.05, 0) is 179 Å². The first kappa shape index (κ1) is 47.0. The zero-order valence-corrected chi connectivity index (χ0v) is 46.3. The molecule has 18 rings (SSSR count). The molecule has 0 unspecified atom stereocenters. The molecule has 16 aromatic carbocycles. The Morgan fingerprint density at radius 3 is 1.30 bits per heavy atom.